The second-order valence-corrected chi connectivity index (χ2v) is 5.39. The molecule has 1 aromatic carbocycles. The van der Waals surface area contributed by atoms with E-state index in [-0.39, 0.29) is 11.5 Å². The summed E-state index contributed by atoms with van der Waals surface area (Å²) in [4.78, 5) is 0. The van der Waals surface area contributed by atoms with E-state index >= 15 is 0 Å². The lowest BCUT2D eigenvalue weighted by atomic mass is 9.83. The minimum atomic E-state index is -0.772. The molecule has 3 heteroatoms. The molecular formula is C14H21F2N. The topological polar surface area (TPSA) is 12.0 Å². The van der Waals surface area contributed by atoms with Crippen LogP contribution in [-0.4, -0.2) is 12.6 Å². The maximum atomic E-state index is 13.6. The van der Waals surface area contributed by atoms with Gasteiger partial charge in [-0.3, -0.25) is 0 Å². The standard InChI is InChI=1S/C14H21F2N/c1-5-17-12(14(2,3)4)9-10-7-6-8-11(15)13(10)16/h6-8,12,17H,5,9H2,1-4H3. The highest BCUT2D eigenvalue weighted by molar-refractivity contribution is 5.20. The Morgan fingerprint density at radius 3 is 2.41 bits per heavy atom. The summed E-state index contributed by atoms with van der Waals surface area (Å²) in [5.41, 5.74) is 0.445. The molecule has 17 heavy (non-hydrogen) atoms. The van der Waals surface area contributed by atoms with Crippen molar-refractivity contribution < 1.29 is 8.78 Å². The maximum absolute atomic E-state index is 13.6. The van der Waals surface area contributed by atoms with E-state index in [0.717, 1.165) is 12.6 Å². The van der Waals surface area contributed by atoms with Crippen LogP contribution in [0, 0.1) is 17.0 Å². The van der Waals surface area contributed by atoms with Crippen molar-refractivity contribution >= 4 is 0 Å². The molecule has 1 N–H and O–H groups in total. The number of likely N-dealkylation sites (N-methyl/N-ethyl adjacent to an activating group) is 1. The van der Waals surface area contributed by atoms with Crippen LogP contribution in [0.15, 0.2) is 18.2 Å². The summed E-state index contributed by atoms with van der Waals surface area (Å²) < 4.78 is 26.7. The number of hydrogen-bond acceptors (Lipinski definition) is 1. The van der Waals surface area contributed by atoms with Gasteiger partial charge in [-0.05, 0) is 30.0 Å². The molecule has 1 nitrogen and oxygen atoms in total. The predicted molar refractivity (Wildman–Crippen MR) is 67.0 cm³/mol. The Morgan fingerprint density at radius 1 is 1.24 bits per heavy atom. The monoisotopic (exact) mass is 241 g/mol. The van der Waals surface area contributed by atoms with Crippen LogP contribution in [0.3, 0.4) is 0 Å². The van der Waals surface area contributed by atoms with Gasteiger partial charge < -0.3 is 5.32 Å². The van der Waals surface area contributed by atoms with Gasteiger partial charge in [-0.1, -0.05) is 39.8 Å². The highest BCUT2D eigenvalue weighted by Crippen LogP contribution is 2.24. The van der Waals surface area contributed by atoms with E-state index in [0.29, 0.717) is 12.0 Å². The second-order valence-electron chi connectivity index (χ2n) is 5.39. The van der Waals surface area contributed by atoms with E-state index in [1.54, 1.807) is 12.1 Å². The molecule has 0 heterocycles. The molecule has 0 spiro atoms. The largest absolute Gasteiger partial charge is 0.313 e. The zero-order valence-electron chi connectivity index (χ0n) is 11.0. The van der Waals surface area contributed by atoms with Crippen LogP contribution < -0.4 is 5.32 Å². The fourth-order valence-corrected chi connectivity index (χ4v) is 1.86. The molecule has 1 rings (SSSR count). The Labute approximate surface area is 102 Å². The number of rotatable bonds is 4. The van der Waals surface area contributed by atoms with Gasteiger partial charge in [-0.2, -0.15) is 0 Å². The Bertz CT molecular complexity index is 369. The van der Waals surface area contributed by atoms with Crippen molar-refractivity contribution in [3.8, 4) is 0 Å². The summed E-state index contributed by atoms with van der Waals surface area (Å²) in [6.45, 7) is 9.12. The first-order chi connectivity index (χ1) is 7.86. The van der Waals surface area contributed by atoms with E-state index in [9.17, 15) is 8.78 Å². The van der Waals surface area contributed by atoms with Crippen LogP contribution >= 0.6 is 0 Å². The zero-order valence-corrected chi connectivity index (χ0v) is 11.0. The summed E-state index contributed by atoms with van der Waals surface area (Å²) in [6.07, 6.45) is 0.501. The van der Waals surface area contributed by atoms with Crippen molar-refractivity contribution in [3.63, 3.8) is 0 Å². The van der Waals surface area contributed by atoms with Crippen molar-refractivity contribution in [2.24, 2.45) is 5.41 Å². The third-order valence-electron chi connectivity index (χ3n) is 2.95. The molecule has 0 fully saturated rings. The highest BCUT2D eigenvalue weighted by atomic mass is 19.2. The van der Waals surface area contributed by atoms with Gasteiger partial charge in [0.25, 0.3) is 0 Å². The third-order valence-corrected chi connectivity index (χ3v) is 2.95. The highest BCUT2D eigenvalue weighted by Gasteiger charge is 2.25. The molecule has 96 valence electrons. The lowest BCUT2D eigenvalue weighted by Crippen LogP contribution is -2.42. The average Bonchev–Trinajstić information content (AvgIpc) is 2.22. The Hall–Kier alpha value is -0.960. The lowest BCUT2D eigenvalue weighted by Gasteiger charge is -2.31. The molecule has 0 amide bonds. The molecule has 1 unspecified atom stereocenters. The molecule has 1 aromatic rings. The summed E-state index contributed by atoms with van der Waals surface area (Å²) in [6, 6.07) is 4.48. The van der Waals surface area contributed by atoms with E-state index in [4.69, 9.17) is 0 Å². The first kappa shape index (κ1) is 14.1. The van der Waals surface area contributed by atoms with Crippen LogP contribution in [0.2, 0.25) is 0 Å². The maximum Gasteiger partial charge on any atom is 0.162 e. The van der Waals surface area contributed by atoms with Gasteiger partial charge >= 0.3 is 0 Å². The third kappa shape index (κ3) is 3.77. The van der Waals surface area contributed by atoms with Crippen LogP contribution in [0.25, 0.3) is 0 Å². The molecule has 0 radical (unpaired) electrons. The average molecular weight is 241 g/mol. The summed E-state index contributed by atoms with van der Waals surface area (Å²) in [5, 5.41) is 3.33. The SMILES string of the molecule is CCNC(Cc1cccc(F)c1F)C(C)(C)C. The van der Waals surface area contributed by atoms with Gasteiger partial charge in [0.2, 0.25) is 0 Å². The van der Waals surface area contributed by atoms with Gasteiger partial charge in [0.1, 0.15) is 0 Å². The smallest absolute Gasteiger partial charge is 0.162 e. The van der Waals surface area contributed by atoms with Gasteiger partial charge in [0, 0.05) is 6.04 Å². The van der Waals surface area contributed by atoms with Crippen molar-refractivity contribution in [1.29, 1.82) is 0 Å². The zero-order chi connectivity index (χ0) is 13.1. The van der Waals surface area contributed by atoms with Gasteiger partial charge in [-0.15, -0.1) is 0 Å². The van der Waals surface area contributed by atoms with E-state index in [2.05, 4.69) is 26.1 Å². The number of halogens is 2. The Balaban J connectivity index is 2.90. The first-order valence-electron chi connectivity index (χ1n) is 6.02. The summed E-state index contributed by atoms with van der Waals surface area (Å²) in [7, 11) is 0. The Morgan fingerprint density at radius 2 is 1.88 bits per heavy atom. The lowest BCUT2D eigenvalue weighted by molar-refractivity contribution is 0.267. The molecule has 0 saturated carbocycles. The summed E-state index contributed by atoms with van der Waals surface area (Å²) >= 11 is 0. The van der Waals surface area contributed by atoms with Crippen molar-refractivity contribution in [2.75, 3.05) is 6.54 Å². The molecular weight excluding hydrogens is 220 g/mol. The van der Waals surface area contributed by atoms with E-state index in [1.165, 1.54) is 0 Å². The molecule has 1 atom stereocenters. The van der Waals surface area contributed by atoms with Gasteiger partial charge in [-0.25, -0.2) is 8.78 Å². The van der Waals surface area contributed by atoms with Crippen LogP contribution in [0.5, 0.6) is 0 Å². The van der Waals surface area contributed by atoms with Crippen molar-refractivity contribution in [3.05, 3.63) is 35.4 Å². The van der Waals surface area contributed by atoms with Crippen LogP contribution in [0.1, 0.15) is 33.3 Å². The second kappa shape index (κ2) is 5.58. The number of hydrogen-bond donors (Lipinski definition) is 1. The molecule has 0 bridgehead atoms. The number of nitrogens with one attached hydrogen (secondary N) is 1. The quantitative estimate of drug-likeness (QED) is 0.850. The Kier molecular flexibility index (Phi) is 4.63. The first-order valence-corrected chi connectivity index (χ1v) is 6.02. The van der Waals surface area contributed by atoms with Crippen LogP contribution in [0.4, 0.5) is 8.78 Å². The van der Waals surface area contributed by atoms with Crippen molar-refractivity contribution in [1.82, 2.24) is 5.32 Å². The molecule has 0 aliphatic heterocycles. The fraction of sp³-hybridized carbons (Fsp3) is 0.571. The summed E-state index contributed by atoms with van der Waals surface area (Å²) in [5.74, 6) is -1.49. The fourth-order valence-electron chi connectivity index (χ4n) is 1.86. The molecule has 0 saturated heterocycles. The minimum absolute atomic E-state index is 0.00870. The number of benzene rings is 1. The molecule has 0 aromatic heterocycles. The van der Waals surface area contributed by atoms with Crippen molar-refractivity contribution in [2.45, 2.75) is 40.2 Å². The molecule has 0 aliphatic carbocycles. The van der Waals surface area contributed by atoms with Gasteiger partial charge in [0.15, 0.2) is 11.6 Å². The minimum Gasteiger partial charge on any atom is -0.313 e. The normalized spacial score (nSPS) is 13.8. The van der Waals surface area contributed by atoms with Gasteiger partial charge in [0.05, 0.1) is 0 Å². The van der Waals surface area contributed by atoms with E-state index < -0.39 is 11.6 Å². The van der Waals surface area contributed by atoms with Crippen LogP contribution in [-0.2, 0) is 6.42 Å². The van der Waals surface area contributed by atoms with E-state index in [1.807, 2.05) is 6.92 Å². The predicted octanol–water partition coefficient (Wildman–Crippen LogP) is 3.53. The molecule has 0 aliphatic rings.